The Balaban J connectivity index is 1.83. The minimum absolute atomic E-state index is 0.0114. The number of rotatable bonds is 6. The second-order valence-electron chi connectivity index (χ2n) is 7.38. The third-order valence-electron chi connectivity index (χ3n) is 5.54. The topological polar surface area (TPSA) is 88.5 Å². The summed E-state index contributed by atoms with van der Waals surface area (Å²) < 4.78 is 4.96. The second-order valence-corrected chi connectivity index (χ2v) is 7.38. The van der Waals surface area contributed by atoms with E-state index in [4.69, 9.17) is 4.63 Å². The zero-order valence-corrected chi connectivity index (χ0v) is 16.6. The van der Waals surface area contributed by atoms with Crippen molar-refractivity contribution < 1.29 is 9.55 Å². The van der Waals surface area contributed by atoms with Crippen LogP contribution in [0.3, 0.4) is 0 Å². The van der Waals surface area contributed by atoms with Gasteiger partial charge in [-0.2, -0.15) is 0 Å². The Hall–Kier alpha value is -3.16. The number of nitrogens with zero attached hydrogens (tertiary/aromatic N) is 5. The van der Waals surface area contributed by atoms with Crippen molar-refractivity contribution in [3.63, 3.8) is 0 Å². The van der Waals surface area contributed by atoms with Crippen LogP contribution in [0.25, 0.3) is 11.0 Å². The smallest absolute Gasteiger partial charge is 0.323 e. The molecule has 1 aliphatic heterocycles. The van der Waals surface area contributed by atoms with Crippen molar-refractivity contribution in [2.75, 3.05) is 29.4 Å². The van der Waals surface area contributed by atoms with E-state index in [0.717, 1.165) is 56.6 Å². The van der Waals surface area contributed by atoms with E-state index in [2.05, 4.69) is 39.2 Å². The van der Waals surface area contributed by atoms with Gasteiger partial charge in [-0.3, -0.25) is 10.1 Å². The summed E-state index contributed by atoms with van der Waals surface area (Å²) in [5, 5.41) is 19.9. The molecule has 1 aromatic heterocycles. The van der Waals surface area contributed by atoms with Crippen LogP contribution in [-0.4, -0.2) is 34.9 Å². The summed E-state index contributed by atoms with van der Waals surface area (Å²) in [5.74, 6) is 0. The van der Waals surface area contributed by atoms with Crippen LogP contribution in [0.4, 0.5) is 17.1 Å². The first kappa shape index (κ1) is 19.2. The van der Waals surface area contributed by atoms with E-state index in [-0.39, 0.29) is 16.1 Å². The Morgan fingerprint density at radius 3 is 2.45 bits per heavy atom. The molecule has 4 rings (SSSR count). The monoisotopic (exact) mass is 395 g/mol. The van der Waals surface area contributed by atoms with Crippen LogP contribution in [0, 0.1) is 10.1 Å². The number of nitro groups is 1. The number of anilines is 2. The van der Waals surface area contributed by atoms with E-state index in [1.807, 2.05) is 24.3 Å². The lowest BCUT2D eigenvalue weighted by molar-refractivity contribution is -0.382. The zero-order valence-electron chi connectivity index (χ0n) is 16.6. The summed E-state index contributed by atoms with van der Waals surface area (Å²) in [5.41, 5.74) is 3.24. The quantitative estimate of drug-likeness (QED) is 0.447. The third kappa shape index (κ3) is 3.87. The van der Waals surface area contributed by atoms with Gasteiger partial charge in [-0.05, 0) is 41.7 Å². The van der Waals surface area contributed by atoms with E-state index in [1.165, 1.54) is 0 Å². The van der Waals surface area contributed by atoms with Crippen molar-refractivity contribution in [1.82, 2.24) is 10.3 Å². The molecule has 0 radical (unpaired) electrons. The van der Waals surface area contributed by atoms with Gasteiger partial charge in [-0.15, -0.1) is 0 Å². The first-order valence-electron chi connectivity index (χ1n) is 10.2. The molecule has 0 N–H and O–H groups in total. The molecule has 152 valence electrons. The molecule has 0 bridgehead atoms. The Morgan fingerprint density at radius 2 is 1.79 bits per heavy atom. The summed E-state index contributed by atoms with van der Waals surface area (Å²) in [6.45, 7) is 5.09. The van der Waals surface area contributed by atoms with Crippen molar-refractivity contribution in [3.8, 4) is 0 Å². The van der Waals surface area contributed by atoms with Gasteiger partial charge in [0.1, 0.15) is 5.69 Å². The molecule has 29 heavy (non-hydrogen) atoms. The summed E-state index contributed by atoms with van der Waals surface area (Å²) in [6, 6.07) is 12.1. The van der Waals surface area contributed by atoms with Gasteiger partial charge in [0.15, 0.2) is 5.52 Å². The predicted molar refractivity (Wildman–Crippen MR) is 112 cm³/mol. The first-order chi connectivity index (χ1) is 14.2. The highest BCUT2D eigenvalue weighted by atomic mass is 16.6. The van der Waals surface area contributed by atoms with Crippen LogP contribution in [0.1, 0.15) is 38.2 Å². The zero-order chi connectivity index (χ0) is 20.2. The second kappa shape index (κ2) is 8.46. The van der Waals surface area contributed by atoms with Gasteiger partial charge in [0.2, 0.25) is 5.52 Å². The fraction of sp³-hybridized carbons (Fsp3) is 0.429. The molecule has 0 spiro atoms. The Labute approximate surface area is 169 Å². The maximum Gasteiger partial charge on any atom is 0.323 e. The predicted octanol–water partition coefficient (Wildman–Crippen LogP) is 4.54. The molecule has 8 heteroatoms. The summed E-state index contributed by atoms with van der Waals surface area (Å²) in [6.07, 6.45) is 4.37. The molecule has 8 nitrogen and oxygen atoms in total. The van der Waals surface area contributed by atoms with E-state index in [0.29, 0.717) is 17.7 Å². The van der Waals surface area contributed by atoms with E-state index >= 15 is 0 Å². The highest BCUT2D eigenvalue weighted by molar-refractivity contribution is 6.00. The number of fused-ring (bicyclic) bond motifs is 1. The summed E-state index contributed by atoms with van der Waals surface area (Å²) >= 11 is 0. The SMILES string of the molecule is CCN(Cc1ccccc1)c1cc(N2CCCCCC2)c([N+](=O)[O-])c2nonc12. The molecule has 0 saturated carbocycles. The fourth-order valence-corrected chi connectivity index (χ4v) is 4.04. The van der Waals surface area contributed by atoms with Crippen LogP contribution >= 0.6 is 0 Å². The van der Waals surface area contributed by atoms with Crippen molar-refractivity contribution in [3.05, 3.63) is 52.1 Å². The van der Waals surface area contributed by atoms with Crippen LogP contribution in [0.2, 0.25) is 0 Å². The fourth-order valence-electron chi connectivity index (χ4n) is 4.04. The third-order valence-corrected chi connectivity index (χ3v) is 5.54. The normalized spacial score (nSPS) is 14.7. The molecule has 1 fully saturated rings. The Kier molecular flexibility index (Phi) is 5.59. The van der Waals surface area contributed by atoms with Crippen molar-refractivity contribution >= 4 is 28.1 Å². The molecule has 0 unspecified atom stereocenters. The molecule has 0 aliphatic carbocycles. The number of hydrogen-bond donors (Lipinski definition) is 0. The Bertz CT molecular complexity index is 981. The minimum Gasteiger partial charge on any atom is -0.366 e. The van der Waals surface area contributed by atoms with Crippen LogP contribution in [0.15, 0.2) is 41.0 Å². The van der Waals surface area contributed by atoms with Crippen LogP contribution < -0.4 is 9.80 Å². The lowest BCUT2D eigenvalue weighted by atomic mass is 10.1. The molecular weight excluding hydrogens is 370 g/mol. The number of hydrogen-bond acceptors (Lipinski definition) is 7. The maximum absolute atomic E-state index is 12.0. The molecule has 1 saturated heterocycles. The van der Waals surface area contributed by atoms with Gasteiger partial charge in [-0.1, -0.05) is 43.2 Å². The van der Waals surface area contributed by atoms with Crippen molar-refractivity contribution in [2.45, 2.75) is 39.2 Å². The average molecular weight is 395 g/mol. The number of benzene rings is 2. The molecule has 2 aromatic carbocycles. The maximum atomic E-state index is 12.0. The van der Waals surface area contributed by atoms with Crippen LogP contribution in [0.5, 0.6) is 0 Å². The largest absolute Gasteiger partial charge is 0.366 e. The van der Waals surface area contributed by atoms with Gasteiger partial charge < -0.3 is 9.80 Å². The molecule has 0 amide bonds. The summed E-state index contributed by atoms with van der Waals surface area (Å²) in [4.78, 5) is 15.9. The molecular formula is C21H25N5O3. The first-order valence-corrected chi connectivity index (χ1v) is 10.2. The average Bonchev–Trinajstić information content (AvgIpc) is 3.06. The van der Waals surface area contributed by atoms with Gasteiger partial charge in [0.05, 0.1) is 10.6 Å². The lowest BCUT2D eigenvalue weighted by Gasteiger charge is -2.27. The summed E-state index contributed by atoms with van der Waals surface area (Å²) in [7, 11) is 0. The number of aromatic nitrogens is 2. The molecule has 0 atom stereocenters. The van der Waals surface area contributed by atoms with Gasteiger partial charge in [-0.25, -0.2) is 4.63 Å². The lowest BCUT2D eigenvalue weighted by Crippen LogP contribution is -2.27. The highest BCUT2D eigenvalue weighted by Gasteiger charge is 2.30. The standard InChI is InChI=1S/C21H25N5O3/c1-2-24(15-16-10-6-5-7-11-16)17-14-18(25-12-8-3-4-9-13-25)21(26(27)28)20-19(17)22-29-23-20/h5-7,10-11,14H,2-4,8-9,12-13,15H2,1H3. The van der Waals surface area contributed by atoms with E-state index < -0.39 is 0 Å². The number of nitro benzene ring substituents is 1. The van der Waals surface area contributed by atoms with Crippen molar-refractivity contribution in [2.24, 2.45) is 0 Å². The van der Waals surface area contributed by atoms with Gasteiger partial charge in [0, 0.05) is 26.2 Å². The van der Waals surface area contributed by atoms with E-state index in [1.54, 1.807) is 0 Å². The van der Waals surface area contributed by atoms with Crippen molar-refractivity contribution in [1.29, 1.82) is 0 Å². The van der Waals surface area contributed by atoms with Gasteiger partial charge in [0.25, 0.3) is 0 Å². The molecule has 3 aromatic rings. The molecule has 2 heterocycles. The highest BCUT2D eigenvalue weighted by Crippen LogP contribution is 2.41. The van der Waals surface area contributed by atoms with E-state index in [9.17, 15) is 10.1 Å². The van der Waals surface area contributed by atoms with Crippen LogP contribution in [-0.2, 0) is 6.54 Å². The Morgan fingerprint density at radius 1 is 1.10 bits per heavy atom. The molecule has 1 aliphatic rings. The van der Waals surface area contributed by atoms with Gasteiger partial charge >= 0.3 is 5.69 Å². The minimum atomic E-state index is -0.357.